The normalized spacial score (nSPS) is 13.4. The number of anilines is 2. The summed E-state index contributed by atoms with van der Waals surface area (Å²) in [5.74, 6) is 0.545. The molecule has 0 atom stereocenters. The highest BCUT2D eigenvalue weighted by molar-refractivity contribution is 7.98. The third-order valence-electron chi connectivity index (χ3n) is 5.16. The maximum Gasteiger partial charge on any atom is 0.439 e. The van der Waals surface area contributed by atoms with Gasteiger partial charge in [-0.15, -0.1) is 0 Å². The monoisotopic (exact) mass is 486 g/mol. The molecule has 4 rings (SSSR count). The first kappa shape index (κ1) is 23.8. The summed E-state index contributed by atoms with van der Waals surface area (Å²) in [6.07, 6.45) is 3.71. The number of amides is 1. The van der Waals surface area contributed by atoms with Crippen molar-refractivity contribution in [1.29, 1.82) is 0 Å². The summed E-state index contributed by atoms with van der Waals surface area (Å²) in [5, 5.41) is 3.09. The Bertz CT molecular complexity index is 1260. The standard InChI is InChI=1S/C24H27FN4O4S/c1-3-32-24(30)29-34(2,31)15-16-7-4-10-18(13-16)27-23-26-14-20(25)21(28-23)19-11-5-8-17-9-6-12-33-22(17)19/h4-5,7-8,10-11,13-14,34H,3,6,9,12,15H2,1-2H3,(H,26,27,28)(H,29,30,31). The number of hydrogen-bond acceptors (Lipinski definition) is 6. The van der Waals surface area contributed by atoms with Gasteiger partial charge in [0, 0.05) is 17.0 Å². The molecule has 1 amide bonds. The highest BCUT2D eigenvalue weighted by Gasteiger charge is 2.20. The number of nitrogens with zero attached hydrogens (tertiary/aromatic N) is 3. The second-order valence-corrected chi connectivity index (χ2v) is 10.7. The van der Waals surface area contributed by atoms with Gasteiger partial charge < -0.3 is 19.3 Å². The van der Waals surface area contributed by atoms with Crippen molar-refractivity contribution in [3.63, 3.8) is 0 Å². The van der Waals surface area contributed by atoms with Crippen LogP contribution >= 0.6 is 0 Å². The van der Waals surface area contributed by atoms with Crippen molar-refractivity contribution in [3.8, 4) is 17.0 Å². The molecule has 1 aliphatic heterocycles. The van der Waals surface area contributed by atoms with Crippen molar-refractivity contribution in [2.45, 2.75) is 25.5 Å². The first-order valence-electron chi connectivity index (χ1n) is 11.0. The highest BCUT2D eigenvalue weighted by atomic mass is 32.3. The molecule has 0 unspecified atom stereocenters. The average Bonchev–Trinajstić information content (AvgIpc) is 2.80. The quantitative estimate of drug-likeness (QED) is 0.412. The maximum atomic E-state index is 14.7. The number of halogens is 1. The largest absolute Gasteiger partial charge is 0.493 e. The summed E-state index contributed by atoms with van der Waals surface area (Å²) >= 11 is 0. The van der Waals surface area contributed by atoms with Crippen LogP contribution in [0, 0.1) is 5.82 Å². The van der Waals surface area contributed by atoms with E-state index in [0.717, 1.165) is 30.2 Å². The van der Waals surface area contributed by atoms with Crippen LogP contribution in [0.4, 0.5) is 20.8 Å². The van der Waals surface area contributed by atoms with E-state index in [0.29, 0.717) is 23.6 Å². The zero-order chi connectivity index (χ0) is 24.1. The number of benzene rings is 2. The second kappa shape index (κ2) is 10.3. The SMILES string of the molecule is CCOC(=O)N=[SH](C)(O)Cc1cccc(Nc2ncc(F)c(-c3cccc4c3OCCC4)n2)c1. The van der Waals surface area contributed by atoms with Gasteiger partial charge in [0.1, 0.15) is 11.4 Å². The molecule has 0 spiro atoms. The number of ether oxygens (including phenoxy) is 2. The van der Waals surface area contributed by atoms with Crippen LogP contribution in [0.2, 0.25) is 0 Å². The first-order valence-corrected chi connectivity index (χ1v) is 13.3. The second-order valence-electron chi connectivity index (χ2n) is 8.01. The van der Waals surface area contributed by atoms with Gasteiger partial charge in [0.05, 0.1) is 19.4 Å². The Kier molecular flexibility index (Phi) is 7.18. The van der Waals surface area contributed by atoms with E-state index in [4.69, 9.17) is 9.47 Å². The fraction of sp³-hybridized carbons (Fsp3) is 0.292. The fourth-order valence-electron chi connectivity index (χ4n) is 3.78. The third kappa shape index (κ3) is 5.75. The van der Waals surface area contributed by atoms with Gasteiger partial charge in [0.25, 0.3) is 0 Å². The molecule has 0 fully saturated rings. The van der Waals surface area contributed by atoms with E-state index in [1.54, 1.807) is 37.4 Å². The average molecular weight is 487 g/mol. The van der Waals surface area contributed by atoms with Crippen LogP contribution in [0.3, 0.4) is 0 Å². The number of para-hydroxylation sites is 1. The third-order valence-corrected chi connectivity index (χ3v) is 6.72. The Balaban J connectivity index is 1.57. The van der Waals surface area contributed by atoms with E-state index in [1.807, 2.05) is 18.2 Å². The number of rotatable bonds is 6. The van der Waals surface area contributed by atoms with Crippen molar-refractivity contribution < 1.29 is 23.2 Å². The fourth-order valence-corrected chi connectivity index (χ4v) is 5.15. The molecule has 2 aromatic carbocycles. The highest BCUT2D eigenvalue weighted by Crippen LogP contribution is 2.36. The minimum atomic E-state index is -2.89. The van der Waals surface area contributed by atoms with Gasteiger partial charge in [-0.25, -0.2) is 19.2 Å². The lowest BCUT2D eigenvalue weighted by atomic mass is 10.0. The molecular weight excluding hydrogens is 459 g/mol. The molecule has 0 radical (unpaired) electrons. The first-order chi connectivity index (χ1) is 16.3. The molecule has 34 heavy (non-hydrogen) atoms. The van der Waals surface area contributed by atoms with Crippen LogP contribution < -0.4 is 10.1 Å². The predicted molar refractivity (Wildman–Crippen MR) is 131 cm³/mol. The van der Waals surface area contributed by atoms with Crippen molar-refractivity contribution >= 4 is 27.8 Å². The Morgan fingerprint density at radius 3 is 2.97 bits per heavy atom. The number of carbonyl (C=O) groups is 1. The molecule has 3 aromatic rings. The number of aryl methyl sites for hydroxylation is 1. The number of thiol groups is 1. The molecule has 0 saturated heterocycles. The zero-order valence-corrected chi connectivity index (χ0v) is 19.9. The smallest absolute Gasteiger partial charge is 0.439 e. The van der Waals surface area contributed by atoms with Crippen LogP contribution in [0.1, 0.15) is 24.5 Å². The molecule has 0 bridgehead atoms. The van der Waals surface area contributed by atoms with Crippen LogP contribution in [0.25, 0.3) is 11.3 Å². The molecule has 2 N–H and O–H groups in total. The van der Waals surface area contributed by atoms with Crippen molar-refractivity contribution in [3.05, 3.63) is 65.6 Å². The van der Waals surface area contributed by atoms with Gasteiger partial charge >= 0.3 is 6.09 Å². The van der Waals surface area contributed by atoms with E-state index in [1.165, 1.54) is 0 Å². The van der Waals surface area contributed by atoms with E-state index in [-0.39, 0.29) is 24.0 Å². The van der Waals surface area contributed by atoms with Gasteiger partial charge in [-0.1, -0.05) is 34.4 Å². The molecule has 180 valence electrons. The van der Waals surface area contributed by atoms with Gasteiger partial charge in [0.15, 0.2) is 5.82 Å². The van der Waals surface area contributed by atoms with E-state index < -0.39 is 22.0 Å². The summed E-state index contributed by atoms with van der Waals surface area (Å²) in [6, 6.07) is 12.9. The Hall–Kier alpha value is -3.37. The maximum absolute atomic E-state index is 14.7. The van der Waals surface area contributed by atoms with Crippen LogP contribution in [0.5, 0.6) is 5.75 Å². The van der Waals surface area contributed by atoms with E-state index >= 15 is 0 Å². The summed E-state index contributed by atoms with van der Waals surface area (Å²) in [7, 11) is -2.89. The minimum absolute atomic E-state index is 0.162. The van der Waals surface area contributed by atoms with Gasteiger partial charge in [-0.2, -0.15) is 4.36 Å². The molecule has 2 heterocycles. The summed E-state index contributed by atoms with van der Waals surface area (Å²) in [5.41, 5.74) is 3.21. The summed E-state index contributed by atoms with van der Waals surface area (Å²) in [6.45, 7) is 2.46. The summed E-state index contributed by atoms with van der Waals surface area (Å²) < 4.78 is 39.7. The number of hydrogen-bond donors (Lipinski definition) is 3. The van der Waals surface area contributed by atoms with Crippen molar-refractivity contribution in [1.82, 2.24) is 9.97 Å². The lowest BCUT2D eigenvalue weighted by Gasteiger charge is -2.20. The van der Waals surface area contributed by atoms with Gasteiger partial charge in [-0.3, -0.25) is 0 Å². The molecule has 1 aliphatic rings. The molecule has 0 saturated carbocycles. The molecule has 8 nitrogen and oxygen atoms in total. The van der Waals surface area contributed by atoms with Crippen LogP contribution in [0.15, 0.2) is 53.0 Å². The van der Waals surface area contributed by atoms with Crippen molar-refractivity contribution in [2.24, 2.45) is 4.36 Å². The van der Waals surface area contributed by atoms with E-state index in [9.17, 15) is 13.7 Å². The Morgan fingerprint density at radius 2 is 2.15 bits per heavy atom. The van der Waals surface area contributed by atoms with E-state index in [2.05, 4.69) is 19.6 Å². The minimum Gasteiger partial charge on any atom is -0.493 e. The number of carbonyl (C=O) groups excluding carboxylic acids is 1. The van der Waals surface area contributed by atoms with Crippen molar-refractivity contribution in [2.75, 3.05) is 24.8 Å². The zero-order valence-electron chi connectivity index (χ0n) is 19.0. The molecule has 1 aromatic heterocycles. The Labute approximate surface area is 198 Å². The lowest BCUT2D eigenvalue weighted by Crippen LogP contribution is -2.14. The van der Waals surface area contributed by atoms with Crippen LogP contribution in [-0.4, -0.2) is 40.1 Å². The lowest BCUT2D eigenvalue weighted by molar-refractivity contribution is 0.164. The number of fused-ring (bicyclic) bond motifs is 1. The summed E-state index contributed by atoms with van der Waals surface area (Å²) in [4.78, 5) is 20.1. The van der Waals surface area contributed by atoms with Crippen LogP contribution in [-0.2, 0) is 27.0 Å². The number of nitrogens with one attached hydrogen (secondary N) is 1. The van der Waals surface area contributed by atoms with Gasteiger partial charge in [0.2, 0.25) is 5.95 Å². The predicted octanol–water partition coefficient (Wildman–Crippen LogP) is 5.18. The Morgan fingerprint density at radius 1 is 1.32 bits per heavy atom. The van der Waals surface area contributed by atoms with Gasteiger partial charge in [-0.05, 0) is 55.3 Å². The molecule has 10 heteroatoms. The topological polar surface area (TPSA) is 106 Å². The molecular formula is C24H27FN4O4S. The molecule has 0 aliphatic carbocycles. The number of aromatic nitrogens is 2.